The van der Waals surface area contributed by atoms with Crippen molar-refractivity contribution in [1.82, 2.24) is 14.4 Å². The van der Waals surface area contributed by atoms with Crippen LogP contribution in [0.3, 0.4) is 0 Å². The molecule has 0 saturated heterocycles. The molecular formula is C38H25N3. The molecule has 8 aromatic rings. The summed E-state index contributed by atoms with van der Waals surface area (Å²) in [6.45, 7) is 8.02. The zero-order valence-corrected chi connectivity index (χ0v) is 22.4. The van der Waals surface area contributed by atoms with Crippen LogP contribution in [0.25, 0.3) is 83.7 Å². The Kier molecular flexibility index (Phi) is 5.13. The summed E-state index contributed by atoms with van der Waals surface area (Å²) < 4.78 is 2.25. The molecule has 41 heavy (non-hydrogen) atoms. The molecule has 8 rings (SSSR count). The second-order valence-corrected chi connectivity index (χ2v) is 10.4. The Morgan fingerprint density at radius 3 is 2.00 bits per heavy atom. The van der Waals surface area contributed by atoms with Crippen LogP contribution in [-0.2, 0) is 0 Å². The third-order valence-corrected chi connectivity index (χ3v) is 8.09. The van der Waals surface area contributed by atoms with Crippen molar-refractivity contribution < 1.29 is 0 Å². The highest BCUT2D eigenvalue weighted by Gasteiger charge is 2.17. The van der Waals surface area contributed by atoms with Gasteiger partial charge in [0.15, 0.2) is 0 Å². The van der Waals surface area contributed by atoms with E-state index in [1.165, 1.54) is 21.9 Å². The Morgan fingerprint density at radius 1 is 0.537 bits per heavy atom. The van der Waals surface area contributed by atoms with Gasteiger partial charge in [0.05, 0.1) is 27.8 Å². The number of imidazole rings is 1. The third kappa shape index (κ3) is 3.60. The molecule has 0 radical (unpaired) electrons. The molecular weight excluding hydrogens is 498 g/mol. The van der Waals surface area contributed by atoms with Crippen LogP contribution >= 0.6 is 0 Å². The summed E-state index contributed by atoms with van der Waals surface area (Å²) in [4.78, 5) is 10.1. The van der Waals surface area contributed by atoms with Crippen molar-refractivity contribution in [2.75, 3.05) is 0 Å². The fourth-order valence-electron chi connectivity index (χ4n) is 6.02. The van der Waals surface area contributed by atoms with Crippen molar-refractivity contribution in [3.05, 3.63) is 140 Å². The summed E-state index contributed by atoms with van der Waals surface area (Å²) in [7, 11) is 0. The predicted molar refractivity (Wildman–Crippen MR) is 174 cm³/mol. The molecule has 3 heterocycles. The van der Waals surface area contributed by atoms with Gasteiger partial charge in [-0.2, -0.15) is 0 Å². The molecule has 0 aliphatic heterocycles. The zero-order valence-electron chi connectivity index (χ0n) is 22.4. The Labute approximate surface area is 237 Å². The predicted octanol–water partition coefficient (Wildman–Crippen LogP) is 9.96. The Balaban J connectivity index is 1.34. The molecule has 0 atom stereocenters. The van der Waals surface area contributed by atoms with Crippen molar-refractivity contribution in [1.29, 1.82) is 0 Å². The van der Waals surface area contributed by atoms with Crippen LogP contribution in [0.2, 0.25) is 0 Å². The SMILES string of the molecule is C=Cc1cc2c(nc1C=C)c1cc(-c3ccc(-c4ccc5ccccc5c4)cc3)ccc1n1c3ccccc3nc21. The summed E-state index contributed by atoms with van der Waals surface area (Å²) >= 11 is 0. The largest absolute Gasteiger partial charge is 0.292 e. The minimum absolute atomic E-state index is 0.819. The normalized spacial score (nSPS) is 11.6. The van der Waals surface area contributed by atoms with Crippen LogP contribution in [0.1, 0.15) is 11.3 Å². The average molecular weight is 524 g/mol. The molecule has 3 aromatic heterocycles. The van der Waals surface area contributed by atoms with Gasteiger partial charge in [-0.25, -0.2) is 9.97 Å². The van der Waals surface area contributed by atoms with Gasteiger partial charge in [-0.15, -0.1) is 0 Å². The van der Waals surface area contributed by atoms with Gasteiger partial charge in [0.1, 0.15) is 5.65 Å². The first-order valence-corrected chi connectivity index (χ1v) is 13.7. The number of fused-ring (bicyclic) bond motifs is 9. The quantitative estimate of drug-likeness (QED) is 0.215. The molecule has 0 amide bonds. The maximum atomic E-state index is 5.08. The van der Waals surface area contributed by atoms with Crippen LogP contribution in [0.5, 0.6) is 0 Å². The van der Waals surface area contributed by atoms with Crippen LogP contribution < -0.4 is 0 Å². The highest BCUT2D eigenvalue weighted by atomic mass is 15.0. The highest BCUT2D eigenvalue weighted by Crippen LogP contribution is 2.36. The summed E-state index contributed by atoms with van der Waals surface area (Å²) in [5.74, 6) is 0. The Bertz CT molecular complexity index is 2340. The molecule has 0 aliphatic carbocycles. The lowest BCUT2D eigenvalue weighted by Gasteiger charge is -2.13. The van der Waals surface area contributed by atoms with Crippen molar-refractivity contribution in [2.24, 2.45) is 0 Å². The lowest BCUT2D eigenvalue weighted by atomic mass is 9.97. The zero-order chi connectivity index (χ0) is 27.5. The Morgan fingerprint density at radius 2 is 1.22 bits per heavy atom. The van der Waals surface area contributed by atoms with E-state index in [-0.39, 0.29) is 0 Å². The number of hydrogen-bond acceptors (Lipinski definition) is 2. The summed E-state index contributed by atoms with van der Waals surface area (Å²) in [5, 5.41) is 4.58. The van der Waals surface area contributed by atoms with Gasteiger partial charge < -0.3 is 0 Å². The number of aromatic nitrogens is 3. The van der Waals surface area contributed by atoms with E-state index < -0.39 is 0 Å². The molecule has 5 aromatic carbocycles. The van der Waals surface area contributed by atoms with Gasteiger partial charge in [0, 0.05) is 16.3 Å². The van der Waals surface area contributed by atoms with Crippen LogP contribution in [0.15, 0.2) is 128 Å². The summed E-state index contributed by atoms with van der Waals surface area (Å²) in [6, 6.07) is 41.0. The molecule has 3 nitrogen and oxygen atoms in total. The molecule has 0 saturated carbocycles. The number of pyridine rings is 2. The second kappa shape index (κ2) is 9.00. The topological polar surface area (TPSA) is 30.2 Å². The van der Waals surface area contributed by atoms with Gasteiger partial charge in [0.2, 0.25) is 0 Å². The van der Waals surface area contributed by atoms with Gasteiger partial charge in [-0.05, 0) is 75.5 Å². The molecule has 3 heteroatoms. The molecule has 0 unspecified atom stereocenters. The van der Waals surface area contributed by atoms with Crippen molar-refractivity contribution in [3.63, 3.8) is 0 Å². The number of benzene rings is 5. The monoisotopic (exact) mass is 523 g/mol. The highest BCUT2D eigenvalue weighted by molar-refractivity contribution is 6.13. The molecule has 192 valence electrons. The van der Waals surface area contributed by atoms with E-state index in [0.717, 1.165) is 60.9 Å². The van der Waals surface area contributed by atoms with Crippen molar-refractivity contribution in [3.8, 4) is 22.3 Å². The van der Waals surface area contributed by atoms with Crippen molar-refractivity contribution in [2.45, 2.75) is 0 Å². The van der Waals surface area contributed by atoms with Gasteiger partial charge in [0.25, 0.3) is 0 Å². The van der Waals surface area contributed by atoms with Gasteiger partial charge in [-0.3, -0.25) is 4.40 Å². The molecule has 0 fully saturated rings. The van der Waals surface area contributed by atoms with Crippen molar-refractivity contribution >= 4 is 61.4 Å². The minimum atomic E-state index is 0.819. The lowest BCUT2D eigenvalue weighted by Crippen LogP contribution is -1.96. The number of nitrogens with zero attached hydrogens (tertiary/aromatic N) is 3. The average Bonchev–Trinajstić information content (AvgIpc) is 3.44. The smallest absolute Gasteiger partial charge is 0.147 e. The second-order valence-electron chi connectivity index (χ2n) is 10.4. The fraction of sp³-hybridized carbons (Fsp3) is 0. The van der Waals surface area contributed by atoms with E-state index in [4.69, 9.17) is 9.97 Å². The molecule has 0 spiro atoms. The van der Waals surface area contributed by atoms with Gasteiger partial charge in [-0.1, -0.05) is 98.1 Å². The van der Waals surface area contributed by atoms with E-state index in [9.17, 15) is 0 Å². The van der Waals surface area contributed by atoms with Crippen LogP contribution in [0.4, 0.5) is 0 Å². The molecule has 0 bridgehead atoms. The number of para-hydroxylation sites is 2. The third-order valence-electron chi connectivity index (χ3n) is 8.09. The first kappa shape index (κ1) is 23.4. The standard InChI is InChI=1S/C38H25N3/c1-3-24-22-32-37(39-33(24)4-2)31-23-30(19-20-35(31)41-36-12-8-7-11-34(36)40-38(32)41)27-15-13-26(14-16-27)29-18-17-25-9-5-6-10-28(25)21-29/h3-23H,1-2H2. The van der Waals surface area contributed by atoms with E-state index in [0.29, 0.717) is 0 Å². The summed E-state index contributed by atoms with van der Waals surface area (Å²) in [5.41, 5.74) is 11.4. The van der Waals surface area contributed by atoms with E-state index in [1.807, 2.05) is 12.1 Å². The maximum Gasteiger partial charge on any atom is 0.147 e. The first-order chi connectivity index (χ1) is 20.2. The number of rotatable bonds is 4. The van der Waals surface area contributed by atoms with Gasteiger partial charge >= 0.3 is 0 Å². The lowest BCUT2D eigenvalue weighted by molar-refractivity contribution is 1.29. The maximum absolute atomic E-state index is 5.08. The first-order valence-electron chi connectivity index (χ1n) is 13.7. The fourth-order valence-corrected chi connectivity index (χ4v) is 6.02. The Hall–Kier alpha value is -5.54. The van der Waals surface area contributed by atoms with E-state index >= 15 is 0 Å². The van der Waals surface area contributed by atoms with Crippen LogP contribution in [-0.4, -0.2) is 14.4 Å². The van der Waals surface area contributed by atoms with E-state index in [2.05, 4.69) is 127 Å². The minimum Gasteiger partial charge on any atom is -0.292 e. The molecule has 0 N–H and O–H groups in total. The molecule has 0 aliphatic rings. The van der Waals surface area contributed by atoms with Crippen LogP contribution in [0, 0.1) is 0 Å². The van der Waals surface area contributed by atoms with E-state index in [1.54, 1.807) is 6.08 Å². The summed E-state index contributed by atoms with van der Waals surface area (Å²) in [6.07, 6.45) is 3.63. The number of hydrogen-bond donors (Lipinski definition) is 0.